The molecule has 0 fully saturated rings. The van der Waals surface area contributed by atoms with Gasteiger partial charge in [0, 0.05) is 22.5 Å². The van der Waals surface area contributed by atoms with Gasteiger partial charge in [0.25, 0.3) is 0 Å². The number of pyridine rings is 1. The van der Waals surface area contributed by atoms with Crippen molar-refractivity contribution in [1.82, 2.24) is 9.97 Å². The van der Waals surface area contributed by atoms with Crippen LogP contribution in [0.25, 0.3) is 0 Å². The molecule has 166 valence electrons. The number of halogens is 1. The van der Waals surface area contributed by atoms with Crippen LogP contribution in [0.3, 0.4) is 0 Å². The summed E-state index contributed by atoms with van der Waals surface area (Å²) in [5.41, 5.74) is 0.954. The summed E-state index contributed by atoms with van der Waals surface area (Å²) in [6.07, 6.45) is 1.80. The first-order valence-corrected chi connectivity index (χ1v) is 11.2. The maximum atomic E-state index is 6.15. The van der Waals surface area contributed by atoms with Gasteiger partial charge >= 0.3 is 0 Å². The molecule has 0 saturated heterocycles. The quantitative estimate of drug-likeness (QED) is 0.287. The van der Waals surface area contributed by atoms with E-state index in [4.69, 9.17) is 14.2 Å². The van der Waals surface area contributed by atoms with Crippen LogP contribution < -0.4 is 19.5 Å². The van der Waals surface area contributed by atoms with Crippen molar-refractivity contribution >= 4 is 46.5 Å². The number of aromatic nitrogens is 2. The van der Waals surface area contributed by atoms with Gasteiger partial charge in [0.05, 0.1) is 24.8 Å². The first-order chi connectivity index (χ1) is 15.1. The number of thiazole rings is 1. The number of methoxy groups -OCH3 is 2. The molecule has 9 heteroatoms. The molecule has 2 aromatic carbocycles. The third kappa shape index (κ3) is 5.85. The summed E-state index contributed by atoms with van der Waals surface area (Å²) in [5, 5.41) is 6.01. The molecule has 0 unspecified atom stereocenters. The fourth-order valence-corrected chi connectivity index (χ4v) is 4.41. The second-order valence-electron chi connectivity index (χ2n) is 6.47. The topological polar surface area (TPSA) is 65.5 Å². The number of hydrogen-bond donors (Lipinski definition) is 1. The Morgan fingerprint density at radius 1 is 0.938 bits per heavy atom. The summed E-state index contributed by atoms with van der Waals surface area (Å²) < 4.78 is 17.0. The predicted molar refractivity (Wildman–Crippen MR) is 132 cm³/mol. The Labute approximate surface area is 201 Å². The Bertz CT molecular complexity index is 1170. The monoisotopic (exact) mass is 487 g/mol. The highest BCUT2D eigenvalue weighted by atomic mass is 35.5. The summed E-state index contributed by atoms with van der Waals surface area (Å²) in [6, 6.07) is 17.3. The molecule has 32 heavy (non-hydrogen) atoms. The predicted octanol–water partition coefficient (Wildman–Crippen LogP) is 6.97. The Hall–Kier alpha value is -2.94. The van der Waals surface area contributed by atoms with Gasteiger partial charge < -0.3 is 19.5 Å². The summed E-state index contributed by atoms with van der Waals surface area (Å²) >= 11 is 3.05. The summed E-state index contributed by atoms with van der Waals surface area (Å²) in [7, 11) is 3.29. The number of hydrogen-bond acceptors (Lipinski definition) is 8. The van der Waals surface area contributed by atoms with Gasteiger partial charge in [-0.1, -0.05) is 30.0 Å². The fourth-order valence-electron chi connectivity index (χ4n) is 2.77. The van der Waals surface area contributed by atoms with Gasteiger partial charge in [0.1, 0.15) is 17.2 Å². The molecule has 0 saturated carbocycles. The second kappa shape index (κ2) is 11.1. The van der Waals surface area contributed by atoms with E-state index >= 15 is 0 Å². The highest BCUT2D eigenvalue weighted by Gasteiger charge is 2.14. The van der Waals surface area contributed by atoms with Crippen LogP contribution in [0.2, 0.25) is 0 Å². The van der Waals surface area contributed by atoms with E-state index in [-0.39, 0.29) is 12.4 Å². The van der Waals surface area contributed by atoms with E-state index in [0.717, 1.165) is 37.9 Å². The van der Waals surface area contributed by atoms with Crippen LogP contribution in [-0.2, 0) is 0 Å². The largest absolute Gasteiger partial charge is 0.497 e. The summed E-state index contributed by atoms with van der Waals surface area (Å²) in [5.74, 6) is 3.45. The Kier molecular flexibility index (Phi) is 8.21. The summed E-state index contributed by atoms with van der Waals surface area (Å²) in [4.78, 5) is 10.9. The van der Waals surface area contributed by atoms with E-state index in [1.165, 1.54) is 23.1 Å². The third-order valence-electron chi connectivity index (χ3n) is 4.24. The minimum Gasteiger partial charge on any atom is -0.497 e. The number of benzene rings is 2. The van der Waals surface area contributed by atoms with Crippen LogP contribution in [0.5, 0.6) is 23.0 Å². The van der Waals surface area contributed by atoms with Gasteiger partial charge in [-0.05, 0) is 37.3 Å². The Balaban J connectivity index is 0.00000289. The molecule has 0 bridgehead atoms. The van der Waals surface area contributed by atoms with E-state index in [1.54, 1.807) is 20.4 Å². The van der Waals surface area contributed by atoms with E-state index in [2.05, 4.69) is 15.3 Å². The lowest BCUT2D eigenvalue weighted by Crippen LogP contribution is -1.98. The molecule has 4 aromatic rings. The van der Waals surface area contributed by atoms with Gasteiger partial charge in [0.2, 0.25) is 0 Å². The van der Waals surface area contributed by atoms with Crippen molar-refractivity contribution in [1.29, 1.82) is 0 Å². The van der Waals surface area contributed by atoms with E-state index in [1.807, 2.05) is 66.9 Å². The maximum Gasteiger partial charge on any atom is 0.188 e. The average molecular weight is 488 g/mol. The van der Waals surface area contributed by atoms with Gasteiger partial charge in [-0.3, -0.25) is 0 Å². The molecule has 0 aliphatic rings. The number of ether oxygens (including phenoxy) is 3. The van der Waals surface area contributed by atoms with Crippen LogP contribution >= 0.6 is 35.5 Å². The van der Waals surface area contributed by atoms with E-state index < -0.39 is 0 Å². The molecule has 0 aliphatic heterocycles. The highest BCUT2D eigenvalue weighted by molar-refractivity contribution is 7.99. The molecule has 0 amide bonds. The Morgan fingerprint density at radius 3 is 2.44 bits per heavy atom. The SMILES string of the molecule is COc1ccc(OC)c(Sc2cnc(Nc3nc(C)cs3)c(Oc3ccccc3)c2)c1.Cl. The van der Waals surface area contributed by atoms with Gasteiger partial charge in [-0.15, -0.1) is 23.7 Å². The zero-order valence-corrected chi connectivity index (χ0v) is 20.1. The van der Waals surface area contributed by atoms with Crippen molar-refractivity contribution in [2.75, 3.05) is 19.5 Å². The lowest BCUT2D eigenvalue weighted by Gasteiger charge is -2.14. The smallest absolute Gasteiger partial charge is 0.188 e. The number of aryl methyl sites for hydroxylation is 1. The van der Waals surface area contributed by atoms with E-state index in [0.29, 0.717) is 11.6 Å². The van der Waals surface area contributed by atoms with Gasteiger partial charge in [-0.2, -0.15) is 0 Å². The number of nitrogens with one attached hydrogen (secondary N) is 1. The van der Waals surface area contributed by atoms with Crippen LogP contribution in [0.4, 0.5) is 10.9 Å². The number of rotatable bonds is 8. The standard InChI is InChI=1S/C23H21N3O3S2.ClH/c1-15-14-30-23(25-15)26-22-20(29-16-7-5-4-6-8-16)12-18(13-24-22)31-21-11-17(27-2)9-10-19(21)28-3;/h4-14H,1-3H3,(H,24,25,26);1H. The first-order valence-electron chi connectivity index (χ1n) is 9.46. The number of anilines is 2. The zero-order valence-electron chi connectivity index (χ0n) is 17.7. The molecule has 2 heterocycles. The lowest BCUT2D eigenvalue weighted by molar-refractivity contribution is 0.394. The molecular weight excluding hydrogens is 466 g/mol. The Morgan fingerprint density at radius 2 is 1.75 bits per heavy atom. The molecule has 0 aliphatic carbocycles. The van der Waals surface area contributed by atoms with Crippen LogP contribution in [0.15, 0.2) is 76.0 Å². The minimum atomic E-state index is 0. The van der Waals surface area contributed by atoms with Crippen molar-refractivity contribution in [3.05, 3.63) is 71.9 Å². The van der Waals surface area contributed by atoms with Crippen LogP contribution in [-0.4, -0.2) is 24.2 Å². The average Bonchev–Trinajstić information content (AvgIpc) is 3.20. The van der Waals surface area contributed by atoms with Crippen LogP contribution in [0, 0.1) is 6.92 Å². The molecule has 0 atom stereocenters. The van der Waals surface area contributed by atoms with Crippen molar-refractivity contribution in [3.8, 4) is 23.0 Å². The van der Waals surface area contributed by atoms with Crippen LogP contribution in [0.1, 0.15) is 5.69 Å². The lowest BCUT2D eigenvalue weighted by atomic mass is 10.3. The van der Waals surface area contributed by atoms with E-state index in [9.17, 15) is 0 Å². The molecular formula is C23H22ClN3O3S2. The fraction of sp³-hybridized carbons (Fsp3) is 0.130. The maximum absolute atomic E-state index is 6.15. The van der Waals surface area contributed by atoms with Gasteiger partial charge in [-0.25, -0.2) is 9.97 Å². The summed E-state index contributed by atoms with van der Waals surface area (Å²) in [6.45, 7) is 1.96. The molecule has 0 spiro atoms. The van der Waals surface area contributed by atoms with Gasteiger partial charge in [0.15, 0.2) is 16.7 Å². The normalized spacial score (nSPS) is 10.2. The number of para-hydroxylation sites is 1. The number of nitrogens with zero attached hydrogens (tertiary/aromatic N) is 2. The third-order valence-corrected chi connectivity index (χ3v) is 6.12. The molecule has 2 aromatic heterocycles. The highest BCUT2D eigenvalue weighted by Crippen LogP contribution is 2.40. The molecule has 4 rings (SSSR count). The molecule has 0 radical (unpaired) electrons. The first kappa shape index (κ1) is 23.7. The van der Waals surface area contributed by atoms with Crippen molar-refractivity contribution < 1.29 is 14.2 Å². The van der Waals surface area contributed by atoms with Crippen molar-refractivity contribution in [2.45, 2.75) is 16.7 Å². The molecule has 6 nitrogen and oxygen atoms in total. The second-order valence-corrected chi connectivity index (χ2v) is 8.44. The zero-order chi connectivity index (χ0) is 21.6. The minimum absolute atomic E-state index is 0. The molecule has 1 N–H and O–H groups in total. The van der Waals surface area contributed by atoms with Crippen molar-refractivity contribution in [3.63, 3.8) is 0 Å². The van der Waals surface area contributed by atoms with Crippen molar-refractivity contribution in [2.24, 2.45) is 0 Å².